The highest BCUT2D eigenvalue weighted by molar-refractivity contribution is 4.76. The van der Waals surface area contributed by atoms with E-state index >= 15 is 0 Å². The SMILES string of the molecule is CCC(COC)C(NC)C(C)C. The second-order valence-electron chi connectivity index (χ2n) is 3.68. The van der Waals surface area contributed by atoms with Crippen LogP contribution < -0.4 is 5.32 Å². The van der Waals surface area contributed by atoms with E-state index < -0.39 is 0 Å². The minimum atomic E-state index is 0.579. The number of ether oxygens (including phenoxy) is 1. The highest BCUT2D eigenvalue weighted by Gasteiger charge is 2.20. The van der Waals surface area contributed by atoms with Gasteiger partial charge in [-0.05, 0) is 25.3 Å². The van der Waals surface area contributed by atoms with Crippen molar-refractivity contribution in [3.8, 4) is 0 Å². The van der Waals surface area contributed by atoms with Crippen molar-refractivity contribution in [2.45, 2.75) is 33.2 Å². The van der Waals surface area contributed by atoms with Gasteiger partial charge in [0.25, 0.3) is 0 Å². The van der Waals surface area contributed by atoms with Crippen LogP contribution in [0, 0.1) is 11.8 Å². The molecule has 0 aromatic rings. The molecule has 2 nitrogen and oxygen atoms in total. The molecule has 0 saturated carbocycles. The monoisotopic (exact) mass is 173 g/mol. The molecule has 1 N–H and O–H groups in total. The van der Waals surface area contributed by atoms with Gasteiger partial charge < -0.3 is 10.1 Å². The van der Waals surface area contributed by atoms with E-state index in [1.54, 1.807) is 7.11 Å². The Labute approximate surface area is 76.7 Å². The summed E-state index contributed by atoms with van der Waals surface area (Å²) in [5.41, 5.74) is 0. The predicted molar refractivity (Wildman–Crippen MR) is 53.3 cm³/mol. The lowest BCUT2D eigenvalue weighted by molar-refractivity contribution is 0.117. The molecule has 0 aliphatic rings. The van der Waals surface area contributed by atoms with Crippen LogP contribution >= 0.6 is 0 Å². The fraction of sp³-hybridized carbons (Fsp3) is 1.00. The lowest BCUT2D eigenvalue weighted by Crippen LogP contribution is -2.39. The maximum Gasteiger partial charge on any atom is 0.0505 e. The summed E-state index contributed by atoms with van der Waals surface area (Å²) in [5, 5.41) is 3.36. The third-order valence-electron chi connectivity index (χ3n) is 2.46. The molecule has 0 amide bonds. The van der Waals surface area contributed by atoms with Crippen molar-refractivity contribution < 1.29 is 4.74 Å². The van der Waals surface area contributed by atoms with Gasteiger partial charge in [0.1, 0.15) is 0 Å². The summed E-state index contributed by atoms with van der Waals surface area (Å²) in [6.07, 6.45) is 1.18. The normalized spacial score (nSPS) is 16.5. The van der Waals surface area contributed by atoms with Gasteiger partial charge in [-0.15, -0.1) is 0 Å². The Balaban J connectivity index is 4.02. The topological polar surface area (TPSA) is 21.3 Å². The Hall–Kier alpha value is -0.0800. The maximum absolute atomic E-state index is 5.19. The predicted octanol–water partition coefficient (Wildman–Crippen LogP) is 1.90. The van der Waals surface area contributed by atoms with E-state index in [9.17, 15) is 0 Å². The van der Waals surface area contributed by atoms with Gasteiger partial charge in [-0.2, -0.15) is 0 Å². The average molecular weight is 173 g/mol. The van der Waals surface area contributed by atoms with Gasteiger partial charge in [0.15, 0.2) is 0 Å². The summed E-state index contributed by atoms with van der Waals surface area (Å²) < 4.78 is 5.19. The van der Waals surface area contributed by atoms with Crippen LogP contribution in [0.25, 0.3) is 0 Å². The molecule has 2 unspecified atom stereocenters. The Morgan fingerprint density at radius 2 is 1.92 bits per heavy atom. The van der Waals surface area contributed by atoms with Crippen molar-refractivity contribution in [3.63, 3.8) is 0 Å². The van der Waals surface area contributed by atoms with E-state index in [0.717, 1.165) is 6.61 Å². The number of rotatable bonds is 6. The zero-order chi connectivity index (χ0) is 9.56. The second kappa shape index (κ2) is 6.44. The van der Waals surface area contributed by atoms with Crippen molar-refractivity contribution in [1.29, 1.82) is 0 Å². The van der Waals surface area contributed by atoms with E-state index in [2.05, 4.69) is 26.1 Å². The lowest BCUT2D eigenvalue weighted by atomic mass is 9.89. The van der Waals surface area contributed by atoms with Crippen LogP contribution in [0.3, 0.4) is 0 Å². The molecular weight excluding hydrogens is 150 g/mol. The summed E-state index contributed by atoms with van der Waals surface area (Å²) in [6.45, 7) is 7.58. The standard InChI is InChI=1S/C10H23NO/c1-6-9(7-12-5)10(11-4)8(2)3/h8-11H,6-7H2,1-5H3. The fourth-order valence-electron chi connectivity index (χ4n) is 1.80. The van der Waals surface area contributed by atoms with Gasteiger partial charge in [-0.3, -0.25) is 0 Å². The highest BCUT2D eigenvalue weighted by atomic mass is 16.5. The number of nitrogens with one attached hydrogen (secondary N) is 1. The van der Waals surface area contributed by atoms with E-state index in [1.807, 2.05) is 7.05 Å². The summed E-state index contributed by atoms with van der Waals surface area (Å²) in [6, 6.07) is 0.579. The Kier molecular flexibility index (Phi) is 6.39. The Bertz CT molecular complexity index is 104. The van der Waals surface area contributed by atoms with Crippen LogP contribution in [-0.2, 0) is 4.74 Å². The van der Waals surface area contributed by atoms with E-state index in [0.29, 0.717) is 17.9 Å². The first-order chi connectivity index (χ1) is 5.67. The van der Waals surface area contributed by atoms with Crippen LogP contribution in [-0.4, -0.2) is 26.8 Å². The van der Waals surface area contributed by atoms with Crippen LogP contribution in [0.5, 0.6) is 0 Å². The van der Waals surface area contributed by atoms with Crippen molar-refractivity contribution in [2.24, 2.45) is 11.8 Å². The number of hydrogen-bond acceptors (Lipinski definition) is 2. The van der Waals surface area contributed by atoms with Gasteiger partial charge in [0.05, 0.1) is 6.61 Å². The molecule has 0 bridgehead atoms. The van der Waals surface area contributed by atoms with Gasteiger partial charge in [0.2, 0.25) is 0 Å². The average Bonchev–Trinajstić information content (AvgIpc) is 2.03. The van der Waals surface area contributed by atoms with E-state index in [1.165, 1.54) is 6.42 Å². The third-order valence-corrected chi connectivity index (χ3v) is 2.46. The second-order valence-corrected chi connectivity index (χ2v) is 3.68. The molecule has 0 radical (unpaired) electrons. The van der Waals surface area contributed by atoms with Crippen molar-refractivity contribution in [2.75, 3.05) is 20.8 Å². The molecule has 12 heavy (non-hydrogen) atoms. The molecule has 0 spiro atoms. The minimum absolute atomic E-state index is 0.579. The van der Waals surface area contributed by atoms with E-state index in [-0.39, 0.29) is 0 Å². The molecule has 0 fully saturated rings. The van der Waals surface area contributed by atoms with Crippen LogP contribution in [0.15, 0.2) is 0 Å². The van der Waals surface area contributed by atoms with Crippen molar-refractivity contribution in [1.82, 2.24) is 5.32 Å². The largest absolute Gasteiger partial charge is 0.384 e. The lowest BCUT2D eigenvalue weighted by Gasteiger charge is -2.28. The molecular formula is C10H23NO. The maximum atomic E-state index is 5.19. The molecule has 0 rings (SSSR count). The molecule has 0 heterocycles. The molecule has 74 valence electrons. The Morgan fingerprint density at radius 1 is 1.33 bits per heavy atom. The quantitative estimate of drug-likeness (QED) is 0.662. The van der Waals surface area contributed by atoms with Gasteiger partial charge >= 0.3 is 0 Å². The van der Waals surface area contributed by atoms with Crippen LogP contribution in [0.1, 0.15) is 27.2 Å². The smallest absolute Gasteiger partial charge is 0.0505 e. The molecule has 0 aromatic carbocycles. The van der Waals surface area contributed by atoms with Crippen LogP contribution in [0.2, 0.25) is 0 Å². The molecule has 0 saturated heterocycles. The third kappa shape index (κ3) is 3.55. The summed E-state index contributed by atoms with van der Waals surface area (Å²) >= 11 is 0. The molecule has 0 aromatic heterocycles. The summed E-state index contributed by atoms with van der Waals surface area (Å²) in [4.78, 5) is 0. The van der Waals surface area contributed by atoms with Gasteiger partial charge in [0, 0.05) is 13.2 Å². The minimum Gasteiger partial charge on any atom is -0.384 e. The highest BCUT2D eigenvalue weighted by Crippen LogP contribution is 2.16. The van der Waals surface area contributed by atoms with Crippen molar-refractivity contribution in [3.05, 3.63) is 0 Å². The molecule has 0 aliphatic carbocycles. The molecule has 0 aliphatic heterocycles. The first-order valence-electron chi connectivity index (χ1n) is 4.83. The van der Waals surface area contributed by atoms with Crippen molar-refractivity contribution >= 4 is 0 Å². The molecule has 2 atom stereocenters. The zero-order valence-electron chi connectivity index (χ0n) is 9.05. The Morgan fingerprint density at radius 3 is 2.17 bits per heavy atom. The fourth-order valence-corrected chi connectivity index (χ4v) is 1.80. The van der Waals surface area contributed by atoms with Gasteiger partial charge in [-0.1, -0.05) is 20.8 Å². The van der Waals surface area contributed by atoms with E-state index in [4.69, 9.17) is 4.74 Å². The first kappa shape index (κ1) is 11.9. The first-order valence-corrected chi connectivity index (χ1v) is 4.83. The zero-order valence-corrected chi connectivity index (χ0v) is 9.05. The van der Waals surface area contributed by atoms with Crippen LogP contribution in [0.4, 0.5) is 0 Å². The number of hydrogen-bond donors (Lipinski definition) is 1. The summed E-state index contributed by atoms with van der Waals surface area (Å²) in [7, 11) is 3.80. The summed E-state index contributed by atoms with van der Waals surface area (Å²) in [5.74, 6) is 1.31. The number of methoxy groups -OCH3 is 1. The van der Waals surface area contributed by atoms with Gasteiger partial charge in [-0.25, -0.2) is 0 Å². The molecule has 2 heteroatoms.